The van der Waals surface area contributed by atoms with Gasteiger partial charge in [0.15, 0.2) is 0 Å². The molecule has 1 N–H and O–H groups in total. The number of aliphatic hydroxyl groups is 1. The molecule has 0 radical (unpaired) electrons. The summed E-state index contributed by atoms with van der Waals surface area (Å²) in [4.78, 5) is 0. The van der Waals surface area contributed by atoms with Crippen molar-refractivity contribution in [1.82, 2.24) is 0 Å². The van der Waals surface area contributed by atoms with Crippen molar-refractivity contribution in [2.75, 3.05) is 6.61 Å². The zero-order chi connectivity index (χ0) is 12.3. The molecule has 90 valence electrons. The Labute approximate surface area is 102 Å². The topological polar surface area (TPSA) is 29.5 Å². The third-order valence-corrected chi connectivity index (χ3v) is 2.67. The van der Waals surface area contributed by atoms with Crippen molar-refractivity contribution in [2.24, 2.45) is 5.92 Å². The minimum absolute atomic E-state index is 0.0122. The minimum Gasteiger partial charge on any atom is -0.493 e. The van der Waals surface area contributed by atoms with Gasteiger partial charge in [-0.05, 0) is 28.8 Å². The highest BCUT2D eigenvalue weighted by molar-refractivity contribution is 5.84. The summed E-state index contributed by atoms with van der Waals surface area (Å²) in [5.74, 6) is 1.27. The molecule has 0 aromatic heterocycles. The van der Waals surface area contributed by atoms with Crippen molar-refractivity contribution in [2.45, 2.75) is 20.5 Å². The van der Waals surface area contributed by atoms with E-state index >= 15 is 0 Å². The molecule has 0 atom stereocenters. The van der Waals surface area contributed by atoms with Gasteiger partial charge >= 0.3 is 0 Å². The van der Waals surface area contributed by atoms with E-state index in [0.717, 1.165) is 22.1 Å². The molecule has 17 heavy (non-hydrogen) atoms. The van der Waals surface area contributed by atoms with Crippen LogP contribution in [0.25, 0.3) is 10.8 Å². The first-order valence-electron chi connectivity index (χ1n) is 5.96. The average molecular weight is 230 g/mol. The van der Waals surface area contributed by atoms with Gasteiger partial charge in [-0.2, -0.15) is 0 Å². The van der Waals surface area contributed by atoms with Crippen LogP contribution in [0.4, 0.5) is 0 Å². The fraction of sp³-hybridized carbons (Fsp3) is 0.333. The number of hydrogen-bond acceptors (Lipinski definition) is 2. The summed E-state index contributed by atoms with van der Waals surface area (Å²) in [7, 11) is 0. The minimum atomic E-state index is 0.0122. The van der Waals surface area contributed by atoms with Gasteiger partial charge in [-0.3, -0.25) is 0 Å². The van der Waals surface area contributed by atoms with Gasteiger partial charge in [0.2, 0.25) is 0 Å². The first-order valence-corrected chi connectivity index (χ1v) is 5.96. The molecule has 0 aliphatic heterocycles. The van der Waals surface area contributed by atoms with Crippen LogP contribution in [-0.4, -0.2) is 11.7 Å². The van der Waals surface area contributed by atoms with E-state index < -0.39 is 0 Å². The summed E-state index contributed by atoms with van der Waals surface area (Å²) < 4.78 is 5.74. The van der Waals surface area contributed by atoms with Gasteiger partial charge < -0.3 is 9.84 Å². The van der Waals surface area contributed by atoms with E-state index in [-0.39, 0.29) is 6.61 Å². The average Bonchev–Trinajstić information content (AvgIpc) is 2.35. The van der Waals surface area contributed by atoms with E-state index in [1.54, 1.807) is 0 Å². The van der Waals surface area contributed by atoms with E-state index in [1.807, 2.05) is 30.3 Å². The Balaban J connectivity index is 2.38. The van der Waals surface area contributed by atoms with E-state index in [4.69, 9.17) is 4.74 Å². The van der Waals surface area contributed by atoms with Crippen molar-refractivity contribution in [3.8, 4) is 5.75 Å². The van der Waals surface area contributed by atoms with Crippen LogP contribution in [0, 0.1) is 5.92 Å². The van der Waals surface area contributed by atoms with E-state index in [9.17, 15) is 5.11 Å². The molecule has 0 aliphatic carbocycles. The Kier molecular flexibility index (Phi) is 3.64. The molecule has 0 spiro atoms. The molecule has 0 fully saturated rings. The molecular weight excluding hydrogens is 212 g/mol. The van der Waals surface area contributed by atoms with Gasteiger partial charge in [0.1, 0.15) is 5.75 Å². The molecule has 2 aromatic carbocycles. The van der Waals surface area contributed by atoms with Gasteiger partial charge in [0.25, 0.3) is 0 Å². The Hall–Kier alpha value is -1.54. The zero-order valence-corrected chi connectivity index (χ0v) is 10.3. The summed E-state index contributed by atoms with van der Waals surface area (Å²) in [6, 6.07) is 12.1. The molecule has 0 heterocycles. The molecule has 2 nitrogen and oxygen atoms in total. The van der Waals surface area contributed by atoms with Crippen molar-refractivity contribution < 1.29 is 9.84 Å². The van der Waals surface area contributed by atoms with Crippen LogP contribution in [0.3, 0.4) is 0 Å². The van der Waals surface area contributed by atoms with Gasteiger partial charge in [0.05, 0.1) is 13.2 Å². The molecule has 2 heteroatoms. The van der Waals surface area contributed by atoms with Gasteiger partial charge in [-0.25, -0.2) is 0 Å². The monoisotopic (exact) mass is 230 g/mol. The molecule has 0 aliphatic rings. The lowest BCUT2D eigenvalue weighted by atomic mass is 10.1. The van der Waals surface area contributed by atoms with Gasteiger partial charge in [-0.15, -0.1) is 0 Å². The predicted octanol–water partition coefficient (Wildman–Crippen LogP) is 3.37. The second-order valence-electron chi connectivity index (χ2n) is 4.67. The molecule has 0 bridgehead atoms. The molecule has 0 unspecified atom stereocenters. The highest BCUT2D eigenvalue weighted by Crippen LogP contribution is 2.26. The molecule has 2 aromatic rings. The molecule has 2 rings (SSSR count). The number of aliphatic hydroxyl groups excluding tert-OH is 1. The Bertz CT molecular complexity index is 503. The van der Waals surface area contributed by atoms with Crippen LogP contribution in [0.2, 0.25) is 0 Å². The van der Waals surface area contributed by atoms with Crippen molar-refractivity contribution in [1.29, 1.82) is 0 Å². The summed E-state index contributed by atoms with van der Waals surface area (Å²) >= 11 is 0. The molecule has 0 saturated carbocycles. The van der Waals surface area contributed by atoms with Gasteiger partial charge in [0, 0.05) is 5.56 Å². The Morgan fingerprint density at radius 2 is 1.76 bits per heavy atom. The maximum Gasteiger partial charge on any atom is 0.125 e. The lowest BCUT2D eigenvalue weighted by molar-refractivity contribution is 0.246. The lowest BCUT2D eigenvalue weighted by Gasteiger charge is -2.13. The normalized spacial score (nSPS) is 11.1. The van der Waals surface area contributed by atoms with Crippen molar-refractivity contribution in [3.63, 3.8) is 0 Å². The summed E-state index contributed by atoms with van der Waals surface area (Å²) in [6.45, 7) is 4.91. The third-order valence-electron chi connectivity index (χ3n) is 2.67. The number of hydrogen-bond donors (Lipinski definition) is 1. The molecular formula is C15H18O2. The zero-order valence-electron chi connectivity index (χ0n) is 10.3. The van der Waals surface area contributed by atoms with Crippen LogP contribution in [-0.2, 0) is 6.61 Å². The van der Waals surface area contributed by atoms with Crippen LogP contribution in [0.5, 0.6) is 5.75 Å². The van der Waals surface area contributed by atoms with E-state index in [1.165, 1.54) is 0 Å². The smallest absolute Gasteiger partial charge is 0.125 e. The first-order chi connectivity index (χ1) is 8.20. The highest BCUT2D eigenvalue weighted by atomic mass is 16.5. The number of ether oxygens (including phenoxy) is 1. The molecule has 0 amide bonds. The molecule has 0 saturated heterocycles. The summed E-state index contributed by atoms with van der Waals surface area (Å²) in [6.07, 6.45) is 0. The fourth-order valence-corrected chi connectivity index (χ4v) is 1.78. The van der Waals surface area contributed by atoms with Crippen LogP contribution >= 0.6 is 0 Å². The summed E-state index contributed by atoms with van der Waals surface area (Å²) in [5, 5.41) is 11.6. The van der Waals surface area contributed by atoms with Crippen molar-refractivity contribution >= 4 is 10.8 Å². The fourth-order valence-electron chi connectivity index (χ4n) is 1.78. The van der Waals surface area contributed by atoms with Crippen LogP contribution < -0.4 is 4.74 Å². The second-order valence-corrected chi connectivity index (χ2v) is 4.67. The number of benzene rings is 2. The number of rotatable bonds is 4. The quantitative estimate of drug-likeness (QED) is 0.872. The third kappa shape index (κ3) is 2.77. The Morgan fingerprint density at radius 1 is 1.12 bits per heavy atom. The van der Waals surface area contributed by atoms with Crippen molar-refractivity contribution in [3.05, 3.63) is 42.0 Å². The SMILES string of the molecule is CC(C)COc1cc2ccccc2cc1CO. The maximum absolute atomic E-state index is 9.36. The lowest BCUT2D eigenvalue weighted by Crippen LogP contribution is -2.06. The first kappa shape index (κ1) is 11.9. The predicted molar refractivity (Wildman–Crippen MR) is 70.2 cm³/mol. The largest absolute Gasteiger partial charge is 0.493 e. The summed E-state index contributed by atoms with van der Waals surface area (Å²) in [5.41, 5.74) is 0.851. The maximum atomic E-state index is 9.36. The highest BCUT2D eigenvalue weighted by Gasteiger charge is 2.06. The van der Waals surface area contributed by atoms with E-state index in [0.29, 0.717) is 12.5 Å². The van der Waals surface area contributed by atoms with E-state index in [2.05, 4.69) is 19.9 Å². The number of fused-ring (bicyclic) bond motifs is 1. The van der Waals surface area contributed by atoms with Crippen LogP contribution in [0.15, 0.2) is 36.4 Å². The second kappa shape index (κ2) is 5.19. The van der Waals surface area contributed by atoms with Gasteiger partial charge in [-0.1, -0.05) is 38.1 Å². The Morgan fingerprint density at radius 3 is 2.35 bits per heavy atom. The van der Waals surface area contributed by atoms with Crippen LogP contribution in [0.1, 0.15) is 19.4 Å². The standard InChI is InChI=1S/C15H18O2/c1-11(2)10-17-15-8-13-6-4-3-5-12(13)7-14(15)9-16/h3-8,11,16H,9-10H2,1-2H3.